The fourth-order valence-electron chi connectivity index (χ4n) is 3.00. The van der Waals surface area contributed by atoms with Crippen molar-refractivity contribution in [2.45, 2.75) is 31.7 Å². The molecule has 0 aliphatic rings. The molecule has 0 spiro atoms. The first kappa shape index (κ1) is 20.6. The molecule has 144 valence electrons. The molecule has 0 fully saturated rings. The van der Waals surface area contributed by atoms with Gasteiger partial charge in [-0.15, -0.1) is 0 Å². The van der Waals surface area contributed by atoms with Crippen molar-refractivity contribution in [2.75, 3.05) is 20.6 Å². The van der Waals surface area contributed by atoms with Gasteiger partial charge in [-0.25, -0.2) is 0 Å². The molecule has 0 unspecified atom stereocenters. The molecule has 2 aromatic carbocycles. The summed E-state index contributed by atoms with van der Waals surface area (Å²) in [5.41, 5.74) is 8.06. The van der Waals surface area contributed by atoms with Crippen LogP contribution in [0.25, 0.3) is 0 Å². The molecule has 0 aromatic heterocycles. The molecule has 3 N–H and O–H groups in total. The number of likely N-dealkylation sites (N-methyl/N-ethyl adjacent to an activating group) is 1. The number of nitrogens with one attached hydrogen (secondary N) is 1. The molecule has 2 aromatic rings. The molecule has 5 heteroatoms. The van der Waals surface area contributed by atoms with Gasteiger partial charge in [0.15, 0.2) is 0 Å². The van der Waals surface area contributed by atoms with Crippen molar-refractivity contribution in [3.8, 4) is 0 Å². The van der Waals surface area contributed by atoms with Crippen LogP contribution in [0.2, 0.25) is 0 Å². The first-order valence-electron chi connectivity index (χ1n) is 9.23. The Bertz CT molecular complexity index is 742. The van der Waals surface area contributed by atoms with Gasteiger partial charge in [0.25, 0.3) is 0 Å². The number of amides is 2. The summed E-state index contributed by atoms with van der Waals surface area (Å²) in [6.07, 6.45) is 1.25. The van der Waals surface area contributed by atoms with E-state index in [0.717, 1.165) is 12.0 Å². The lowest BCUT2D eigenvalue weighted by atomic mass is 9.97. The summed E-state index contributed by atoms with van der Waals surface area (Å²) >= 11 is 0. The van der Waals surface area contributed by atoms with Gasteiger partial charge in [0.1, 0.15) is 0 Å². The molecule has 2 amide bonds. The van der Waals surface area contributed by atoms with E-state index < -0.39 is 5.91 Å². The minimum Gasteiger partial charge on any atom is -0.366 e. The number of carbonyl (C=O) groups excluding carboxylic acids is 2. The second kappa shape index (κ2) is 9.88. The van der Waals surface area contributed by atoms with E-state index in [0.29, 0.717) is 18.5 Å². The van der Waals surface area contributed by atoms with Gasteiger partial charge in [-0.1, -0.05) is 49.4 Å². The monoisotopic (exact) mass is 367 g/mol. The van der Waals surface area contributed by atoms with Crippen molar-refractivity contribution in [1.82, 2.24) is 10.2 Å². The third-order valence-corrected chi connectivity index (χ3v) is 4.84. The number of primary amides is 1. The molecule has 5 nitrogen and oxygen atoms in total. The van der Waals surface area contributed by atoms with Crippen molar-refractivity contribution in [2.24, 2.45) is 5.73 Å². The summed E-state index contributed by atoms with van der Waals surface area (Å²) < 4.78 is 0. The molecule has 0 saturated heterocycles. The van der Waals surface area contributed by atoms with Crippen LogP contribution in [0, 0.1) is 0 Å². The van der Waals surface area contributed by atoms with Crippen LogP contribution in [-0.4, -0.2) is 43.4 Å². The predicted octanol–water partition coefficient (Wildman–Crippen LogP) is 2.57. The Hall–Kier alpha value is -2.66. The van der Waals surface area contributed by atoms with E-state index in [2.05, 4.69) is 29.3 Å². The van der Waals surface area contributed by atoms with E-state index >= 15 is 0 Å². The van der Waals surface area contributed by atoms with Crippen LogP contribution >= 0.6 is 0 Å². The summed E-state index contributed by atoms with van der Waals surface area (Å²) in [5, 5.41) is 3.06. The Morgan fingerprint density at radius 2 is 1.67 bits per heavy atom. The van der Waals surface area contributed by atoms with Crippen LogP contribution in [0.4, 0.5) is 0 Å². The van der Waals surface area contributed by atoms with Gasteiger partial charge in [-0.3, -0.25) is 9.59 Å². The van der Waals surface area contributed by atoms with Crippen LogP contribution in [-0.2, 0) is 11.2 Å². The molecule has 0 saturated carbocycles. The molecular weight excluding hydrogens is 338 g/mol. The smallest absolute Gasteiger partial charge is 0.248 e. The van der Waals surface area contributed by atoms with E-state index in [1.165, 1.54) is 5.56 Å². The normalized spacial score (nSPS) is 13.2. The summed E-state index contributed by atoms with van der Waals surface area (Å²) in [5.74, 6) is -0.182. The van der Waals surface area contributed by atoms with Gasteiger partial charge in [0.2, 0.25) is 11.8 Å². The molecule has 0 aliphatic carbocycles. The summed E-state index contributed by atoms with van der Waals surface area (Å²) in [7, 11) is 4.00. The Morgan fingerprint density at radius 1 is 1.04 bits per heavy atom. The number of hydrogen-bond donors (Lipinski definition) is 2. The topological polar surface area (TPSA) is 75.4 Å². The van der Waals surface area contributed by atoms with Gasteiger partial charge >= 0.3 is 0 Å². The van der Waals surface area contributed by atoms with Gasteiger partial charge in [-0.2, -0.15) is 0 Å². The fraction of sp³-hybridized carbons (Fsp3) is 0.364. The average Bonchev–Trinajstić information content (AvgIpc) is 2.65. The van der Waals surface area contributed by atoms with E-state index in [9.17, 15) is 9.59 Å². The number of rotatable bonds is 9. The van der Waals surface area contributed by atoms with E-state index in [1.54, 1.807) is 12.1 Å². The second-order valence-electron chi connectivity index (χ2n) is 7.20. The lowest BCUT2D eigenvalue weighted by Gasteiger charge is -2.25. The first-order valence-corrected chi connectivity index (χ1v) is 9.23. The number of nitrogens with two attached hydrogens (primary N) is 1. The maximum atomic E-state index is 12.3. The lowest BCUT2D eigenvalue weighted by Crippen LogP contribution is -2.41. The van der Waals surface area contributed by atoms with Gasteiger partial charge < -0.3 is 16.0 Å². The third kappa shape index (κ3) is 6.53. The van der Waals surface area contributed by atoms with Crippen LogP contribution in [0.3, 0.4) is 0 Å². The highest BCUT2D eigenvalue weighted by atomic mass is 16.1. The van der Waals surface area contributed by atoms with E-state index in [4.69, 9.17) is 5.73 Å². The van der Waals surface area contributed by atoms with Gasteiger partial charge in [0, 0.05) is 24.6 Å². The zero-order chi connectivity index (χ0) is 19.8. The highest BCUT2D eigenvalue weighted by Crippen LogP contribution is 2.18. The Balaban J connectivity index is 1.88. The first-order chi connectivity index (χ1) is 12.9. The van der Waals surface area contributed by atoms with Crippen LogP contribution < -0.4 is 11.1 Å². The zero-order valence-corrected chi connectivity index (χ0v) is 16.3. The number of hydrogen-bond acceptors (Lipinski definition) is 3. The lowest BCUT2D eigenvalue weighted by molar-refractivity contribution is -0.121. The SMILES string of the molecule is C[C@@H](CC(=O)NC[C@H](Cc1ccc(C(N)=O)cc1)N(C)C)c1ccccc1. The summed E-state index contributed by atoms with van der Waals surface area (Å²) in [6.45, 7) is 2.64. The highest BCUT2D eigenvalue weighted by Gasteiger charge is 2.16. The van der Waals surface area contributed by atoms with Crippen molar-refractivity contribution < 1.29 is 9.59 Å². The quantitative estimate of drug-likeness (QED) is 0.715. The second-order valence-corrected chi connectivity index (χ2v) is 7.20. The molecule has 0 radical (unpaired) electrons. The maximum absolute atomic E-state index is 12.3. The van der Waals surface area contributed by atoms with Gasteiger partial charge in [-0.05, 0) is 49.7 Å². The van der Waals surface area contributed by atoms with Crippen LogP contribution in [0.15, 0.2) is 54.6 Å². The molecule has 0 heterocycles. The van der Waals surface area contributed by atoms with Crippen molar-refractivity contribution in [1.29, 1.82) is 0 Å². The van der Waals surface area contributed by atoms with Crippen LogP contribution in [0.1, 0.15) is 40.7 Å². The van der Waals surface area contributed by atoms with E-state index in [-0.39, 0.29) is 17.9 Å². The zero-order valence-electron chi connectivity index (χ0n) is 16.3. The largest absolute Gasteiger partial charge is 0.366 e. The van der Waals surface area contributed by atoms with Crippen molar-refractivity contribution in [3.05, 3.63) is 71.3 Å². The van der Waals surface area contributed by atoms with Crippen LogP contribution in [0.5, 0.6) is 0 Å². The highest BCUT2D eigenvalue weighted by molar-refractivity contribution is 5.92. The summed E-state index contributed by atoms with van der Waals surface area (Å²) in [4.78, 5) is 25.6. The Labute approximate surface area is 161 Å². The van der Waals surface area contributed by atoms with Crippen molar-refractivity contribution in [3.63, 3.8) is 0 Å². The number of benzene rings is 2. The fourth-order valence-corrected chi connectivity index (χ4v) is 3.00. The van der Waals surface area contributed by atoms with E-state index in [1.807, 2.05) is 44.4 Å². The molecule has 0 aliphatic heterocycles. The Morgan fingerprint density at radius 3 is 2.22 bits per heavy atom. The maximum Gasteiger partial charge on any atom is 0.248 e. The molecule has 2 rings (SSSR count). The minimum atomic E-state index is -0.425. The average molecular weight is 367 g/mol. The summed E-state index contributed by atoms with van der Waals surface area (Å²) in [6, 6.07) is 17.5. The number of carbonyl (C=O) groups is 2. The number of nitrogens with zero attached hydrogens (tertiary/aromatic N) is 1. The molecular formula is C22H29N3O2. The predicted molar refractivity (Wildman–Crippen MR) is 109 cm³/mol. The minimum absolute atomic E-state index is 0.0577. The van der Waals surface area contributed by atoms with Gasteiger partial charge in [0.05, 0.1) is 0 Å². The molecule has 0 bridgehead atoms. The molecule has 2 atom stereocenters. The Kier molecular flexibility index (Phi) is 7.55. The van der Waals surface area contributed by atoms with Crippen molar-refractivity contribution >= 4 is 11.8 Å². The standard InChI is InChI=1S/C22H29N3O2/c1-16(18-7-5-4-6-8-18)13-21(26)24-15-20(25(2)3)14-17-9-11-19(12-10-17)22(23)27/h4-12,16,20H,13-15H2,1-3H3,(H2,23,27)(H,24,26)/t16-,20-/m0/s1. The third-order valence-electron chi connectivity index (χ3n) is 4.84. The molecule has 27 heavy (non-hydrogen) atoms.